The van der Waals surface area contributed by atoms with Gasteiger partial charge in [0.15, 0.2) is 0 Å². The molecule has 0 atom stereocenters. The van der Waals surface area contributed by atoms with E-state index in [2.05, 4.69) is 5.32 Å². The normalized spacial score (nSPS) is 14.0. The molecule has 1 aliphatic carbocycles. The van der Waals surface area contributed by atoms with Crippen LogP contribution in [-0.4, -0.2) is 36.3 Å². The van der Waals surface area contributed by atoms with Gasteiger partial charge in [0, 0.05) is 18.8 Å². The van der Waals surface area contributed by atoms with E-state index in [0.29, 0.717) is 17.3 Å². The Balaban J connectivity index is 2.03. The standard InChI is InChI=1S/C14H19N3O2/c1-9-4-3-5-11(15)13(9)14(19)17(2)8-12(18)16-10-6-7-10/h3-5,10H,6-8,15H2,1-2H3,(H,16,18). The molecule has 2 rings (SSSR count). The number of carbonyl (C=O) groups excluding carboxylic acids is 2. The Hall–Kier alpha value is -2.04. The minimum atomic E-state index is -0.221. The summed E-state index contributed by atoms with van der Waals surface area (Å²) in [6, 6.07) is 5.64. The Bertz CT molecular complexity index is 489. The number of nitrogens with one attached hydrogen (secondary N) is 1. The van der Waals surface area contributed by atoms with E-state index in [9.17, 15) is 9.59 Å². The van der Waals surface area contributed by atoms with Crippen LogP contribution >= 0.6 is 0 Å². The number of amides is 2. The zero-order chi connectivity index (χ0) is 14.0. The van der Waals surface area contributed by atoms with Crippen LogP contribution in [-0.2, 0) is 4.79 Å². The zero-order valence-electron chi connectivity index (χ0n) is 11.3. The van der Waals surface area contributed by atoms with Gasteiger partial charge in [0.05, 0.1) is 12.1 Å². The summed E-state index contributed by atoms with van der Waals surface area (Å²) in [6.07, 6.45) is 2.07. The molecule has 5 nitrogen and oxygen atoms in total. The van der Waals surface area contributed by atoms with Crippen LogP contribution in [0.4, 0.5) is 5.69 Å². The van der Waals surface area contributed by atoms with Gasteiger partial charge in [0.25, 0.3) is 5.91 Å². The molecule has 0 unspecified atom stereocenters. The number of hydrogen-bond acceptors (Lipinski definition) is 3. The van der Waals surface area contributed by atoms with E-state index in [0.717, 1.165) is 18.4 Å². The van der Waals surface area contributed by atoms with Gasteiger partial charge in [0.1, 0.15) is 0 Å². The second-order valence-electron chi connectivity index (χ2n) is 5.04. The Labute approximate surface area is 112 Å². The highest BCUT2D eigenvalue weighted by atomic mass is 16.2. The number of nitrogens with two attached hydrogens (primary N) is 1. The summed E-state index contributed by atoms with van der Waals surface area (Å²) in [5.41, 5.74) is 7.57. The van der Waals surface area contributed by atoms with Gasteiger partial charge in [-0.25, -0.2) is 0 Å². The van der Waals surface area contributed by atoms with Gasteiger partial charge in [-0.15, -0.1) is 0 Å². The molecule has 0 aliphatic heterocycles. The van der Waals surface area contributed by atoms with Gasteiger partial charge in [-0.1, -0.05) is 12.1 Å². The highest BCUT2D eigenvalue weighted by Gasteiger charge is 2.25. The maximum absolute atomic E-state index is 12.3. The lowest BCUT2D eigenvalue weighted by atomic mass is 10.1. The summed E-state index contributed by atoms with van der Waals surface area (Å²) < 4.78 is 0. The second-order valence-corrected chi connectivity index (χ2v) is 5.04. The van der Waals surface area contributed by atoms with E-state index in [1.165, 1.54) is 4.90 Å². The molecule has 1 aromatic rings. The minimum absolute atomic E-state index is 0.0586. The molecule has 1 aliphatic rings. The van der Waals surface area contributed by atoms with E-state index in [1.807, 2.05) is 13.0 Å². The summed E-state index contributed by atoms with van der Waals surface area (Å²) in [4.78, 5) is 25.4. The largest absolute Gasteiger partial charge is 0.398 e. The fraction of sp³-hybridized carbons (Fsp3) is 0.429. The smallest absolute Gasteiger partial charge is 0.256 e. The Morgan fingerprint density at radius 2 is 2.11 bits per heavy atom. The lowest BCUT2D eigenvalue weighted by Gasteiger charge is -2.19. The third-order valence-corrected chi connectivity index (χ3v) is 3.19. The van der Waals surface area contributed by atoms with Crippen LogP contribution in [0.15, 0.2) is 18.2 Å². The topological polar surface area (TPSA) is 75.4 Å². The molecular weight excluding hydrogens is 242 g/mol. The average molecular weight is 261 g/mol. The number of nitrogen functional groups attached to an aromatic ring is 1. The van der Waals surface area contributed by atoms with Crippen LogP contribution in [0.2, 0.25) is 0 Å². The number of anilines is 1. The van der Waals surface area contributed by atoms with Crippen molar-refractivity contribution >= 4 is 17.5 Å². The van der Waals surface area contributed by atoms with Crippen molar-refractivity contribution in [3.63, 3.8) is 0 Å². The van der Waals surface area contributed by atoms with Crippen LogP contribution in [0.1, 0.15) is 28.8 Å². The van der Waals surface area contributed by atoms with Gasteiger partial charge in [-0.3, -0.25) is 9.59 Å². The molecule has 0 spiro atoms. The highest BCUT2D eigenvalue weighted by Crippen LogP contribution is 2.19. The third-order valence-electron chi connectivity index (χ3n) is 3.19. The fourth-order valence-electron chi connectivity index (χ4n) is 1.96. The van der Waals surface area contributed by atoms with Crippen LogP contribution in [0.5, 0.6) is 0 Å². The molecule has 1 saturated carbocycles. The lowest BCUT2D eigenvalue weighted by molar-refractivity contribution is -0.121. The van der Waals surface area contributed by atoms with Crippen molar-refractivity contribution in [2.24, 2.45) is 0 Å². The molecular formula is C14H19N3O2. The van der Waals surface area contributed by atoms with Crippen molar-refractivity contribution in [1.82, 2.24) is 10.2 Å². The van der Waals surface area contributed by atoms with Gasteiger partial charge in [0.2, 0.25) is 5.91 Å². The van der Waals surface area contributed by atoms with Crippen LogP contribution in [0.3, 0.4) is 0 Å². The first-order chi connectivity index (χ1) is 8.99. The molecule has 2 amide bonds. The first-order valence-electron chi connectivity index (χ1n) is 6.39. The summed E-state index contributed by atoms with van der Waals surface area (Å²) in [5, 5.41) is 2.86. The van der Waals surface area contributed by atoms with E-state index in [-0.39, 0.29) is 18.4 Å². The number of aryl methyl sites for hydroxylation is 1. The van der Waals surface area contributed by atoms with Gasteiger partial charge in [-0.2, -0.15) is 0 Å². The summed E-state index contributed by atoms with van der Waals surface area (Å²) in [6.45, 7) is 1.89. The molecule has 0 saturated heterocycles. The monoisotopic (exact) mass is 261 g/mol. The first-order valence-corrected chi connectivity index (χ1v) is 6.39. The molecule has 3 N–H and O–H groups in total. The van der Waals surface area contributed by atoms with Crippen molar-refractivity contribution in [3.8, 4) is 0 Å². The third kappa shape index (κ3) is 3.24. The minimum Gasteiger partial charge on any atom is -0.398 e. The number of likely N-dealkylation sites (N-methyl/N-ethyl adjacent to an activating group) is 1. The Morgan fingerprint density at radius 3 is 2.68 bits per heavy atom. The fourth-order valence-corrected chi connectivity index (χ4v) is 1.96. The number of rotatable bonds is 4. The molecule has 0 aromatic heterocycles. The maximum Gasteiger partial charge on any atom is 0.256 e. The van der Waals surface area contributed by atoms with Crippen LogP contribution in [0, 0.1) is 6.92 Å². The van der Waals surface area contributed by atoms with Crippen molar-refractivity contribution in [2.75, 3.05) is 19.3 Å². The van der Waals surface area contributed by atoms with Gasteiger partial charge < -0.3 is 16.0 Å². The zero-order valence-corrected chi connectivity index (χ0v) is 11.3. The van der Waals surface area contributed by atoms with Crippen molar-refractivity contribution in [2.45, 2.75) is 25.8 Å². The van der Waals surface area contributed by atoms with Gasteiger partial charge >= 0.3 is 0 Å². The molecule has 102 valence electrons. The van der Waals surface area contributed by atoms with Crippen molar-refractivity contribution in [1.29, 1.82) is 0 Å². The molecule has 1 aromatic carbocycles. The Kier molecular flexibility index (Phi) is 3.74. The predicted molar refractivity (Wildman–Crippen MR) is 73.7 cm³/mol. The summed E-state index contributed by atoms with van der Waals surface area (Å²) in [7, 11) is 1.61. The number of nitrogens with zero attached hydrogens (tertiary/aromatic N) is 1. The van der Waals surface area contributed by atoms with Crippen molar-refractivity contribution in [3.05, 3.63) is 29.3 Å². The van der Waals surface area contributed by atoms with E-state index >= 15 is 0 Å². The molecule has 5 heteroatoms. The maximum atomic E-state index is 12.3. The van der Waals surface area contributed by atoms with Crippen LogP contribution < -0.4 is 11.1 Å². The van der Waals surface area contributed by atoms with E-state index in [1.54, 1.807) is 19.2 Å². The lowest BCUT2D eigenvalue weighted by Crippen LogP contribution is -2.39. The quantitative estimate of drug-likeness (QED) is 0.792. The van der Waals surface area contributed by atoms with Gasteiger partial charge in [-0.05, 0) is 31.4 Å². The summed E-state index contributed by atoms with van der Waals surface area (Å²) >= 11 is 0. The molecule has 0 heterocycles. The first kappa shape index (κ1) is 13.4. The average Bonchev–Trinajstić information content (AvgIpc) is 3.12. The SMILES string of the molecule is Cc1cccc(N)c1C(=O)N(C)CC(=O)NC1CC1. The van der Waals surface area contributed by atoms with E-state index in [4.69, 9.17) is 5.73 Å². The number of benzene rings is 1. The highest BCUT2D eigenvalue weighted by molar-refractivity contribution is 6.01. The van der Waals surface area contributed by atoms with E-state index < -0.39 is 0 Å². The van der Waals surface area contributed by atoms with Crippen LogP contribution in [0.25, 0.3) is 0 Å². The molecule has 19 heavy (non-hydrogen) atoms. The molecule has 0 radical (unpaired) electrons. The summed E-state index contributed by atoms with van der Waals surface area (Å²) in [5.74, 6) is -0.341. The molecule has 0 bridgehead atoms. The van der Waals surface area contributed by atoms with Crippen molar-refractivity contribution < 1.29 is 9.59 Å². The number of hydrogen-bond donors (Lipinski definition) is 2. The Morgan fingerprint density at radius 1 is 1.42 bits per heavy atom. The predicted octanol–water partition coefficient (Wildman–Crippen LogP) is 0.928. The second kappa shape index (κ2) is 5.30. The number of carbonyl (C=O) groups is 2. The molecule has 1 fully saturated rings.